The van der Waals surface area contributed by atoms with Crippen molar-refractivity contribution in [2.75, 3.05) is 11.9 Å². The van der Waals surface area contributed by atoms with E-state index < -0.39 is 0 Å². The molecule has 2 rings (SSSR count). The molecule has 0 unspecified atom stereocenters. The number of aromatic nitrogens is 2. The number of hydrogen-bond acceptors (Lipinski definition) is 4. The highest BCUT2D eigenvalue weighted by Gasteiger charge is 2.17. The first-order valence-corrected chi connectivity index (χ1v) is 8.47. The van der Waals surface area contributed by atoms with Crippen LogP contribution in [0.25, 0.3) is 11.6 Å². The van der Waals surface area contributed by atoms with Crippen molar-refractivity contribution in [1.82, 2.24) is 9.97 Å². The van der Waals surface area contributed by atoms with Gasteiger partial charge in [-0.3, -0.25) is 0 Å². The number of halogens is 2. The molecule has 4 nitrogen and oxygen atoms in total. The van der Waals surface area contributed by atoms with Crippen LogP contribution in [0, 0.1) is 3.57 Å². The quantitative estimate of drug-likeness (QED) is 0.649. The van der Waals surface area contributed by atoms with Crippen molar-refractivity contribution in [2.45, 2.75) is 33.1 Å². The molecule has 0 aliphatic carbocycles. The lowest BCUT2D eigenvalue weighted by atomic mass is 10.1. The minimum Gasteiger partial charge on any atom is -0.446 e. The summed E-state index contributed by atoms with van der Waals surface area (Å²) in [5.74, 6) is 2.52. The van der Waals surface area contributed by atoms with E-state index in [1.807, 2.05) is 12.1 Å². The van der Waals surface area contributed by atoms with Crippen LogP contribution in [0.3, 0.4) is 0 Å². The third-order valence-corrected chi connectivity index (χ3v) is 4.25. The number of anilines is 1. The zero-order valence-corrected chi connectivity index (χ0v) is 15.4. The van der Waals surface area contributed by atoms with Crippen LogP contribution in [-0.4, -0.2) is 16.5 Å². The van der Waals surface area contributed by atoms with E-state index in [4.69, 9.17) is 4.42 Å². The first-order chi connectivity index (χ1) is 9.52. The van der Waals surface area contributed by atoms with Gasteiger partial charge in [-0.1, -0.05) is 20.8 Å². The van der Waals surface area contributed by atoms with E-state index >= 15 is 0 Å². The van der Waals surface area contributed by atoms with Gasteiger partial charge in [0.1, 0.15) is 5.82 Å². The van der Waals surface area contributed by atoms with Crippen molar-refractivity contribution < 1.29 is 4.42 Å². The van der Waals surface area contributed by atoms with Crippen LogP contribution >= 0.6 is 38.5 Å². The Hall–Kier alpha value is -0.630. The molecule has 0 aliphatic heterocycles. The van der Waals surface area contributed by atoms with Crippen LogP contribution in [0.5, 0.6) is 0 Å². The van der Waals surface area contributed by atoms with Crippen molar-refractivity contribution in [3.8, 4) is 11.6 Å². The second-order valence-electron chi connectivity index (χ2n) is 4.78. The van der Waals surface area contributed by atoms with Gasteiger partial charge >= 0.3 is 0 Å². The molecule has 2 heterocycles. The molecule has 20 heavy (non-hydrogen) atoms. The van der Waals surface area contributed by atoms with Crippen molar-refractivity contribution in [2.24, 2.45) is 0 Å². The SMILES string of the molecule is CCCNc1nc(-c2ccc(Br)o2)nc(C(C)C)c1I. The maximum Gasteiger partial charge on any atom is 0.197 e. The molecular formula is C14H17BrIN3O. The number of hydrogen-bond donors (Lipinski definition) is 1. The van der Waals surface area contributed by atoms with Gasteiger partial charge in [-0.15, -0.1) is 0 Å². The largest absolute Gasteiger partial charge is 0.446 e. The van der Waals surface area contributed by atoms with E-state index in [2.05, 4.69) is 74.6 Å². The third-order valence-electron chi connectivity index (χ3n) is 2.76. The summed E-state index contributed by atoms with van der Waals surface area (Å²) >= 11 is 5.62. The summed E-state index contributed by atoms with van der Waals surface area (Å²) in [5, 5.41) is 3.36. The lowest BCUT2D eigenvalue weighted by Gasteiger charge is -2.14. The molecule has 2 aromatic heterocycles. The molecule has 108 valence electrons. The summed E-state index contributed by atoms with van der Waals surface area (Å²) in [6, 6.07) is 3.73. The minimum atomic E-state index is 0.337. The number of rotatable bonds is 5. The molecule has 0 saturated carbocycles. The summed E-state index contributed by atoms with van der Waals surface area (Å²) in [4.78, 5) is 9.24. The summed E-state index contributed by atoms with van der Waals surface area (Å²) in [7, 11) is 0. The highest BCUT2D eigenvalue weighted by atomic mass is 127. The zero-order chi connectivity index (χ0) is 14.7. The minimum absolute atomic E-state index is 0.337. The van der Waals surface area contributed by atoms with E-state index in [9.17, 15) is 0 Å². The van der Waals surface area contributed by atoms with Gasteiger partial charge in [0.2, 0.25) is 0 Å². The first-order valence-electron chi connectivity index (χ1n) is 6.60. The Morgan fingerprint density at radius 2 is 2.10 bits per heavy atom. The van der Waals surface area contributed by atoms with E-state index in [1.165, 1.54) is 0 Å². The summed E-state index contributed by atoms with van der Waals surface area (Å²) in [6.07, 6.45) is 1.05. The summed E-state index contributed by atoms with van der Waals surface area (Å²) in [6.45, 7) is 7.30. The maximum atomic E-state index is 5.57. The van der Waals surface area contributed by atoms with Gasteiger partial charge in [-0.25, -0.2) is 9.97 Å². The second-order valence-corrected chi connectivity index (χ2v) is 6.64. The standard InChI is InChI=1S/C14H17BrIN3O/c1-4-7-17-14-11(16)12(8(2)3)18-13(19-14)9-5-6-10(15)20-9/h5-6,8H,4,7H2,1-3H3,(H,17,18,19). The highest BCUT2D eigenvalue weighted by Crippen LogP contribution is 2.29. The van der Waals surface area contributed by atoms with E-state index in [-0.39, 0.29) is 0 Å². The van der Waals surface area contributed by atoms with Crippen LogP contribution < -0.4 is 5.32 Å². The average molecular weight is 450 g/mol. The predicted octanol–water partition coefficient (Wildman–Crippen LogP) is 5.05. The van der Waals surface area contributed by atoms with E-state index in [0.717, 1.165) is 28.0 Å². The van der Waals surface area contributed by atoms with Crippen molar-refractivity contribution in [3.63, 3.8) is 0 Å². The lowest BCUT2D eigenvalue weighted by Crippen LogP contribution is -2.09. The lowest BCUT2D eigenvalue weighted by molar-refractivity contribution is 0.550. The number of furan rings is 1. The number of nitrogens with one attached hydrogen (secondary N) is 1. The molecule has 6 heteroatoms. The topological polar surface area (TPSA) is 51.0 Å². The van der Waals surface area contributed by atoms with Crippen LogP contribution in [0.1, 0.15) is 38.8 Å². The Morgan fingerprint density at radius 1 is 1.35 bits per heavy atom. The van der Waals surface area contributed by atoms with Gasteiger partial charge in [0, 0.05) is 6.54 Å². The second kappa shape index (κ2) is 6.89. The van der Waals surface area contributed by atoms with Crippen molar-refractivity contribution >= 4 is 44.3 Å². The van der Waals surface area contributed by atoms with Gasteiger partial charge in [0.25, 0.3) is 0 Å². The van der Waals surface area contributed by atoms with Gasteiger partial charge in [-0.05, 0) is 63.0 Å². The molecule has 0 saturated heterocycles. The summed E-state index contributed by atoms with van der Waals surface area (Å²) in [5.41, 5.74) is 1.04. The van der Waals surface area contributed by atoms with Gasteiger partial charge in [-0.2, -0.15) is 0 Å². The Balaban J connectivity index is 2.49. The monoisotopic (exact) mass is 449 g/mol. The molecule has 2 aromatic rings. The van der Waals surface area contributed by atoms with Gasteiger partial charge < -0.3 is 9.73 Å². The fourth-order valence-corrected chi connectivity index (χ4v) is 3.11. The molecule has 0 radical (unpaired) electrons. The Kier molecular flexibility index (Phi) is 5.42. The van der Waals surface area contributed by atoms with Crippen LogP contribution in [0.2, 0.25) is 0 Å². The van der Waals surface area contributed by atoms with Crippen molar-refractivity contribution in [1.29, 1.82) is 0 Å². The molecule has 0 aromatic carbocycles. The smallest absolute Gasteiger partial charge is 0.197 e. The Bertz CT molecular complexity index is 598. The molecule has 1 N–H and O–H groups in total. The van der Waals surface area contributed by atoms with Crippen LogP contribution in [0.4, 0.5) is 5.82 Å². The predicted molar refractivity (Wildman–Crippen MR) is 93.0 cm³/mol. The highest BCUT2D eigenvalue weighted by molar-refractivity contribution is 14.1. The molecule has 0 aliphatic rings. The average Bonchev–Trinajstić information content (AvgIpc) is 2.84. The molecule has 0 bridgehead atoms. The normalized spacial score (nSPS) is 11.1. The van der Waals surface area contributed by atoms with Crippen molar-refractivity contribution in [3.05, 3.63) is 26.1 Å². The molecule has 0 atom stereocenters. The third kappa shape index (κ3) is 3.52. The Morgan fingerprint density at radius 3 is 2.65 bits per heavy atom. The van der Waals surface area contributed by atoms with Crippen LogP contribution in [0.15, 0.2) is 21.2 Å². The molecule has 0 fully saturated rings. The first kappa shape index (κ1) is 15.8. The fourth-order valence-electron chi connectivity index (χ4n) is 1.75. The van der Waals surface area contributed by atoms with Gasteiger partial charge in [0.15, 0.2) is 16.3 Å². The van der Waals surface area contributed by atoms with Gasteiger partial charge in [0.05, 0.1) is 9.26 Å². The summed E-state index contributed by atoms with van der Waals surface area (Å²) < 4.78 is 7.33. The molecule has 0 spiro atoms. The van der Waals surface area contributed by atoms with Crippen LogP contribution in [-0.2, 0) is 0 Å². The fraction of sp³-hybridized carbons (Fsp3) is 0.429. The van der Waals surface area contributed by atoms with E-state index in [1.54, 1.807) is 0 Å². The number of nitrogens with zero attached hydrogens (tertiary/aromatic N) is 2. The Labute approximate surface area is 141 Å². The molecule has 0 amide bonds. The maximum absolute atomic E-state index is 5.57. The molecular weight excluding hydrogens is 433 g/mol. The zero-order valence-electron chi connectivity index (χ0n) is 11.7. The van der Waals surface area contributed by atoms with E-state index in [0.29, 0.717) is 22.2 Å².